The summed E-state index contributed by atoms with van der Waals surface area (Å²) in [5.74, 6) is 1.28. The molecule has 0 unspecified atom stereocenters. The Balaban J connectivity index is 1.53. The predicted octanol–water partition coefficient (Wildman–Crippen LogP) is 6.38. The number of alkyl halides is 3. The first kappa shape index (κ1) is 24.7. The van der Waals surface area contributed by atoms with Gasteiger partial charge in [-0.3, -0.25) is 9.69 Å². The van der Waals surface area contributed by atoms with Crippen molar-refractivity contribution in [1.29, 1.82) is 0 Å². The molecule has 1 heterocycles. The van der Waals surface area contributed by atoms with Gasteiger partial charge in [-0.1, -0.05) is 31.4 Å². The number of halogens is 3. The predicted molar refractivity (Wildman–Crippen MR) is 127 cm³/mol. The van der Waals surface area contributed by atoms with Gasteiger partial charge in [0.1, 0.15) is 23.9 Å². The highest BCUT2D eigenvalue weighted by atomic mass is 19.4. The van der Waals surface area contributed by atoms with Crippen LogP contribution in [0.3, 0.4) is 0 Å². The SMILES string of the molecule is C/C=C1/NC(c2ccc(OCc3cccc(OC(F)(F)F)c3)cc2)=C(C2CCCCC2)C(=O)N1C. The van der Waals surface area contributed by atoms with Gasteiger partial charge in [-0.2, -0.15) is 0 Å². The van der Waals surface area contributed by atoms with Crippen molar-refractivity contribution in [2.45, 2.75) is 52.0 Å². The molecule has 1 N–H and O–H groups in total. The van der Waals surface area contributed by atoms with Gasteiger partial charge in [0.25, 0.3) is 5.91 Å². The highest BCUT2D eigenvalue weighted by Crippen LogP contribution is 2.37. The quantitative estimate of drug-likeness (QED) is 0.515. The van der Waals surface area contributed by atoms with Crippen LogP contribution in [0.2, 0.25) is 0 Å². The van der Waals surface area contributed by atoms with E-state index < -0.39 is 6.36 Å². The van der Waals surface area contributed by atoms with Gasteiger partial charge in [0, 0.05) is 12.6 Å². The molecule has 8 heteroatoms. The van der Waals surface area contributed by atoms with Crippen molar-refractivity contribution < 1.29 is 27.4 Å². The minimum absolute atomic E-state index is 0.0278. The van der Waals surface area contributed by atoms with Crippen molar-refractivity contribution in [3.8, 4) is 11.5 Å². The van der Waals surface area contributed by atoms with E-state index in [1.807, 2.05) is 25.1 Å². The van der Waals surface area contributed by atoms with Gasteiger partial charge < -0.3 is 14.8 Å². The summed E-state index contributed by atoms with van der Waals surface area (Å²) < 4.78 is 47.1. The van der Waals surface area contributed by atoms with Crippen molar-refractivity contribution in [3.63, 3.8) is 0 Å². The summed E-state index contributed by atoms with van der Waals surface area (Å²) >= 11 is 0. The number of likely N-dealkylation sites (N-methyl/N-ethyl adjacent to an activating group) is 1. The average Bonchev–Trinajstić information content (AvgIpc) is 2.84. The monoisotopic (exact) mass is 486 g/mol. The normalized spacial score (nSPS) is 18.6. The number of carbonyl (C=O) groups excluding carboxylic acids is 1. The summed E-state index contributed by atoms with van der Waals surface area (Å²) in [6.45, 7) is 1.98. The molecule has 0 bridgehead atoms. The molecule has 1 amide bonds. The van der Waals surface area contributed by atoms with Crippen molar-refractivity contribution in [2.75, 3.05) is 7.05 Å². The summed E-state index contributed by atoms with van der Waals surface area (Å²) in [4.78, 5) is 15.0. The summed E-state index contributed by atoms with van der Waals surface area (Å²) in [6, 6.07) is 13.1. The lowest BCUT2D eigenvalue weighted by atomic mass is 9.80. The molecule has 2 aliphatic rings. The maximum absolute atomic E-state index is 13.3. The Bertz CT molecular complexity index is 1120. The number of hydrogen-bond donors (Lipinski definition) is 1. The third kappa shape index (κ3) is 5.99. The van der Waals surface area contributed by atoms with Gasteiger partial charge in [-0.05, 0) is 79.3 Å². The topological polar surface area (TPSA) is 50.8 Å². The molecule has 0 atom stereocenters. The van der Waals surface area contributed by atoms with Gasteiger partial charge in [-0.25, -0.2) is 0 Å². The van der Waals surface area contributed by atoms with Gasteiger partial charge in [0.2, 0.25) is 0 Å². The van der Waals surface area contributed by atoms with Crippen LogP contribution in [0, 0.1) is 5.92 Å². The third-order valence-electron chi connectivity index (χ3n) is 6.39. The number of rotatable bonds is 6. The molecule has 1 aliphatic heterocycles. The summed E-state index contributed by atoms with van der Waals surface area (Å²) in [5, 5.41) is 3.45. The van der Waals surface area contributed by atoms with Gasteiger partial charge in [-0.15, -0.1) is 13.2 Å². The van der Waals surface area contributed by atoms with E-state index in [2.05, 4.69) is 10.1 Å². The fourth-order valence-corrected chi connectivity index (χ4v) is 4.66. The van der Waals surface area contributed by atoms with Crippen molar-refractivity contribution in [2.24, 2.45) is 5.92 Å². The largest absolute Gasteiger partial charge is 0.573 e. The Labute approximate surface area is 203 Å². The van der Waals surface area contributed by atoms with Crippen LogP contribution in [0.15, 0.2) is 66.0 Å². The van der Waals surface area contributed by atoms with E-state index in [-0.39, 0.29) is 24.2 Å². The summed E-state index contributed by atoms with van der Waals surface area (Å²) in [7, 11) is 1.79. The number of hydrogen-bond acceptors (Lipinski definition) is 4. The van der Waals surface area contributed by atoms with E-state index in [1.54, 1.807) is 30.1 Å². The van der Waals surface area contributed by atoms with Gasteiger partial charge in [0.05, 0.1) is 5.70 Å². The van der Waals surface area contributed by atoms with Crippen LogP contribution < -0.4 is 14.8 Å². The average molecular weight is 487 g/mol. The van der Waals surface area contributed by atoms with Crippen LogP contribution in [0.5, 0.6) is 11.5 Å². The van der Waals surface area contributed by atoms with Crippen molar-refractivity contribution in [1.82, 2.24) is 10.2 Å². The molecule has 1 saturated carbocycles. The van der Waals surface area contributed by atoms with Crippen LogP contribution in [0.1, 0.15) is 50.2 Å². The van der Waals surface area contributed by atoms with Crippen molar-refractivity contribution >= 4 is 11.6 Å². The molecular formula is C27H29F3N2O3. The van der Waals surface area contributed by atoms with Crippen LogP contribution >= 0.6 is 0 Å². The molecule has 186 valence electrons. The highest BCUT2D eigenvalue weighted by Gasteiger charge is 2.34. The second-order valence-electron chi connectivity index (χ2n) is 8.79. The number of nitrogens with zero attached hydrogens (tertiary/aromatic N) is 1. The lowest BCUT2D eigenvalue weighted by Crippen LogP contribution is -2.42. The van der Waals surface area contributed by atoms with Crippen LogP contribution in [0.4, 0.5) is 13.2 Å². The van der Waals surface area contributed by atoms with Crippen LogP contribution in [-0.2, 0) is 11.4 Å². The number of allylic oxidation sites excluding steroid dienone is 1. The molecule has 2 aromatic rings. The Hall–Kier alpha value is -3.42. The maximum atomic E-state index is 13.3. The Morgan fingerprint density at radius 3 is 2.43 bits per heavy atom. The molecule has 0 aromatic heterocycles. The molecule has 0 radical (unpaired) electrons. The number of amides is 1. The fourth-order valence-electron chi connectivity index (χ4n) is 4.66. The summed E-state index contributed by atoms with van der Waals surface area (Å²) in [6.07, 6.45) is 2.59. The van der Waals surface area contributed by atoms with E-state index in [0.29, 0.717) is 11.3 Å². The van der Waals surface area contributed by atoms with Crippen LogP contribution in [-0.4, -0.2) is 24.2 Å². The second-order valence-corrected chi connectivity index (χ2v) is 8.79. The number of carbonyl (C=O) groups is 1. The van der Waals surface area contributed by atoms with Gasteiger partial charge in [0.15, 0.2) is 0 Å². The molecule has 5 nitrogen and oxygen atoms in total. The maximum Gasteiger partial charge on any atom is 0.573 e. The number of nitrogens with one attached hydrogen (secondary N) is 1. The first-order valence-corrected chi connectivity index (χ1v) is 11.8. The lowest BCUT2D eigenvalue weighted by Gasteiger charge is -2.35. The molecule has 0 saturated heterocycles. The molecule has 4 rings (SSSR count). The Morgan fingerprint density at radius 1 is 1.06 bits per heavy atom. The molecule has 2 aromatic carbocycles. The van der Waals surface area contributed by atoms with E-state index in [9.17, 15) is 18.0 Å². The second kappa shape index (κ2) is 10.5. The van der Waals surface area contributed by atoms with E-state index >= 15 is 0 Å². The highest BCUT2D eigenvalue weighted by molar-refractivity contribution is 6.04. The Morgan fingerprint density at radius 2 is 1.77 bits per heavy atom. The fraction of sp³-hybridized carbons (Fsp3) is 0.370. The zero-order chi connectivity index (χ0) is 25.0. The van der Waals surface area contributed by atoms with E-state index in [0.717, 1.165) is 48.3 Å². The first-order chi connectivity index (χ1) is 16.7. The lowest BCUT2D eigenvalue weighted by molar-refractivity contribution is -0.274. The van der Waals surface area contributed by atoms with Crippen LogP contribution in [0.25, 0.3) is 5.70 Å². The molecule has 1 aliphatic carbocycles. The molecule has 1 fully saturated rings. The number of ether oxygens (including phenoxy) is 2. The molecule has 35 heavy (non-hydrogen) atoms. The smallest absolute Gasteiger partial charge is 0.489 e. The minimum atomic E-state index is -4.74. The zero-order valence-electron chi connectivity index (χ0n) is 19.8. The first-order valence-electron chi connectivity index (χ1n) is 11.8. The van der Waals surface area contributed by atoms with Gasteiger partial charge >= 0.3 is 6.36 Å². The summed E-state index contributed by atoms with van der Waals surface area (Å²) in [5.41, 5.74) is 3.10. The molecular weight excluding hydrogens is 457 g/mol. The standard InChI is InChI=1S/C27H29F3N2O3/c1-3-23-31-25(24(26(33)32(23)2)19-9-5-4-6-10-19)20-12-14-21(15-13-20)34-17-18-8-7-11-22(16-18)35-27(28,29)30/h3,7-8,11-16,19,31H,4-6,9-10,17H2,1-2H3/b23-3-. The third-order valence-corrected chi connectivity index (χ3v) is 6.39. The van der Waals surface area contributed by atoms with Crippen molar-refractivity contribution in [3.05, 3.63) is 77.1 Å². The zero-order valence-corrected chi connectivity index (χ0v) is 19.8. The minimum Gasteiger partial charge on any atom is -0.489 e. The van der Waals surface area contributed by atoms with E-state index in [1.165, 1.54) is 24.6 Å². The van der Waals surface area contributed by atoms with E-state index in [4.69, 9.17) is 4.74 Å². The number of benzene rings is 2. The Kier molecular flexibility index (Phi) is 7.38. The molecule has 0 spiro atoms.